The minimum absolute atomic E-state index is 0.394. The van der Waals surface area contributed by atoms with Gasteiger partial charge in [0.25, 0.3) is 0 Å². The van der Waals surface area contributed by atoms with Crippen LogP contribution in [0.3, 0.4) is 0 Å². The number of likely N-dealkylation sites (tertiary alicyclic amines) is 1. The van der Waals surface area contributed by atoms with Crippen molar-refractivity contribution in [2.75, 3.05) is 20.1 Å². The van der Waals surface area contributed by atoms with E-state index in [1.54, 1.807) is 0 Å². The zero-order valence-corrected chi connectivity index (χ0v) is 11.2. The van der Waals surface area contributed by atoms with Crippen LogP contribution in [0.25, 0.3) is 0 Å². The Kier molecular flexibility index (Phi) is 4.35. The highest BCUT2D eigenvalue weighted by Crippen LogP contribution is 2.26. The average Bonchev–Trinajstić information content (AvgIpc) is 2.59. The van der Waals surface area contributed by atoms with Gasteiger partial charge in [-0.05, 0) is 39.2 Å². The van der Waals surface area contributed by atoms with Crippen molar-refractivity contribution in [3.05, 3.63) is 0 Å². The SMILES string of the molecule is CNC(C)(C#N)CC(C)N1CC(C)C(C)C1. The van der Waals surface area contributed by atoms with E-state index in [1.165, 1.54) is 13.1 Å². The molecule has 0 aromatic carbocycles. The van der Waals surface area contributed by atoms with E-state index in [0.29, 0.717) is 6.04 Å². The Bertz CT molecular complexity index is 261. The van der Waals surface area contributed by atoms with Gasteiger partial charge in [-0.25, -0.2) is 0 Å². The number of rotatable bonds is 4. The Morgan fingerprint density at radius 1 is 1.44 bits per heavy atom. The van der Waals surface area contributed by atoms with E-state index in [2.05, 4.69) is 37.1 Å². The largest absolute Gasteiger partial charge is 0.303 e. The van der Waals surface area contributed by atoms with E-state index in [9.17, 15) is 0 Å². The van der Waals surface area contributed by atoms with Gasteiger partial charge >= 0.3 is 0 Å². The first kappa shape index (κ1) is 13.5. The van der Waals surface area contributed by atoms with Crippen LogP contribution < -0.4 is 5.32 Å². The third kappa shape index (κ3) is 2.96. The van der Waals surface area contributed by atoms with Crippen molar-refractivity contribution in [2.45, 2.75) is 45.7 Å². The highest BCUT2D eigenvalue weighted by Gasteiger charge is 2.33. The molecule has 0 aromatic rings. The van der Waals surface area contributed by atoms with Crippen LogP contribution in [0.5, 0.6) is 0 Å². The van der Waals surface area contributed by atoms with Crippen molar-refractivity contribution in [1.29, 1.82) is 5.26 Å². The standard InChI is InChI=1S/C13H25N3/c1-10-7-16(8-11(10)2)12(3)6-13(4,9-14)15-5/h10-12,15H,6-8H2,1-5H3. The first-order chi connectivity index (χ1) is 7.41. The van der Waals surface area contributed by atoms with E-state index >= 15 is 0 Å². The zero-order valence-electron chi connectivity index (χ0n) is 11.2. The lowest BCUT2D eigenvalue weighted by molar-refractivity contribution is 0.208. The summed E-state index contributed by atoms with van der Waals surface area (Å²) >= 11 is 0. The smallest absolute Gasteiger partial charge is 0.105 e. The van der Waals surface area contributed by atoms with Crippen molar-refractivity contribution in [3.8, 4) is 6.07 Å². The van der Waals surface area contributed by atoms with Crippen LogP contribution in [0, 0.1) is 23.2 Å². The zero-order chi connectivity index (χ0) is 12.3. The highest BCUT2D eigenvalue weighted by molar-refractivity contribution is 5.05. The topological polar surface area (TPSA) is 39.1 Å². The predicted molar refractivity (Wildman–Crippen MR) is 67.1 cm³/mol. The molecule has 1 fully saturated rings. The monoisotopic (exact) mass is 223 g/mol. The molecule has 1 N–H and O–H groups in total. The second-order valence-electron chi connectivity index (χ2n) is 5.66. The second-order valence-corrected chi connectivity index (χ2v) is 5.66. The summed E-state index contributed by atoms with van der Waals surface area (Å²) in [5.41, 5.74) is -0.394. The Balaban J connectivity index is 2.54. The predicted octanol–water partition coefficient (Wildman–Crippen LogP) is 1.85. The highest BCUT2D eigenvalue weighted by atomic mass is 15.2. The summed E-state index contributed by atoms with van der Waals surface area (Å²) in [6, 6.07) is 2.84. The maximum absolute atomic E-state index is 9.15. The molecule has 1 aliphatic rings. The van der Waals surface area contributed by atoms with E-state index in [0.717, 1.165) is 18.3 Å². The van der Waals surface area contributed by atoms with E-state index in [1.807, 2.05) is 14.0 Å². The third-order valence-electron chi connectivity index (χ3n) is 4.14. The van der Waals surface area contributed by atoms with Crippen molar-refractivity contribution < 1.29 is 0 Å². The van der Waals surface area contributed by atoms with Crippen LogP contribution in [-0.4, -0.2) is 36.6 Å². The van der Waals surface area contributed by atoms with Crippen LogP contribution in [0.1, 0.15) is 34.1 Å². The molecule has 0 aromatic heterocycles. The van der Waals surface area contributed by atoms with Crippen molar-refractivity contribution in [1.82, 2.24) is 10.2 Å². The van der Waals surface area contributed by atoms with Gasteiger partial charge in [0, 0.05) is 19.1 Å². The van der Waals surface area contributed by atoms with E-state index in [-0.39, 0.29) is 0 Å². The first-order valence-electron chi connectivity index (χ1n) is 6.26. The number of hydrogen-bond donors (Lipinski definition) is 1. The number of nitrogens with zero attached hydrogens (tertiary/aromatic N) is 2. The fourth-order valence-corrected chi connectivity index (χ4v) is 2.46. The molecule has 0 spiro atoms. The molecule has 0 saturated carbocycles. The molecule has 1 rings (SSSR count). The molecule has 0 radical (unpaired) electrons. The Hall–Kier alpha value is -0.590. The number of nitrogens with one attached hydrogen (secondary N) is 1. The second kappa shape index (κ2) is 5.16. The van der Waals surface area contributed by atoms with Crippen LogP contribution in [0.2, 0.25) is 0 Å². The van der Waals surface area contributed by atoms with Gasteiger partial charge in [0.05, 0.1) is 6.07 Å². The van der Waals surface area contributed by atoms with E-state index < -0.39 is 5.54 Å². The van der Waals surface area contributed by atoms with Crippen molar-refractivity contribution in [3.63, 3.8) is 0 Å². The first-order valence-corrected chi connectivity index (χ1v) is 6.26. The summed E-state index contributed by atoms with van der Waals surface area (Å²) in [6.45, 7) is 11.2. The minimum Gasteiger partial charge on any atom is -0.303 e. The molecule has 0 aliphatic carbocycles. The molecule has 16 heavy (non-hydrogen) atoms. The van der Waals surface area contributed by atoms with Crippen LogP contribution in [0.15, 0.2) is 0 Å². The molecule has 4 unspecified atom stereocenters. The average molecular weight is 223 g/mol. The van der Waals surface area contributed by atoms with Gasteiger partial charge in [0.15, 0.2) is 0 Å². The molecule has 3 heteroatoms. The molecule has 1 heterocycles. The molecule has 0 bridgehead atoms. The number of nitriles is 1. The molecule has 0 amide bonds. The lowest BCUT2D eigenvalue weighted by Gasteiger charge is -2.30. The van der Waals surface area contributed by atoms with Gasteiger partial charge in [-0.3, -0.25) is 0 Å². The summed E-state index contributed by atoms with van der Waals surface area (Å²) in [6.07, 6.45) is 0.888. The van der Waals surface area contributed by atoms with Gasteiger partial charge in [-0.1, -0.05) is 13.8 Å². The summed E-state index contributed by atoms with van der Waals surface area (Å²) < 4.78 is 0. The van der Waals surface area contributed by atoms with Gasteiger partial charge in [-0.15, -0.1) is 0 Å². The molecular weight excluding hydrogens is 198 g/mol. The molecule has 92 valence electrons. The van der Waals surface area contributed by atoms with Crippen LogP contribution >= 0.6 is 0 Å². The third-order valence-corrected chi connectivity index (χ3v) is 4.14. The molecule has 1 aliphatic heterocycles. The minimum atomic E-state index is -0.394. The summed E-state index contributed by atoms with van der Waals surface area (Å²) in [5, 5.41) is 12.3. The summed E-state index contributed by atoms with van der Waals surface area (Å²) in [4.78, 5) is 2.52. The summed E-state index contributed by atoms with van der Waals surface area (Å²) in [5.74, 6) is 1.57. The Morgan fingerprint density at radius 2 is 1.94 bits per heavy atom. The molecule has 4 atom stereocenters. The lowest BCUT2D eigenvalue weighted by Crippen LogP contribution is -2.45. The maximum Gasteiger partial charge on any atom is 0.105 e. The van der Waals surface area contributed by atoms with Gasteiger partial charge in [0.2, 0.25) is 0 Å². The number of hydrogen-bond acceptors (Lipinski definition) is 3. The molecule has 3 nitrogen and oxygen atoms in total. The fraction of sp³-hybridized carbons (Fsp3) is 0.923. The van der Waals surface area contributed by atoms with Gasteiger partial charge in [0.1, 0.15) is 5.54 Å². The van der Waals surface area contributed by atoms with E-state index in [4.69, 9.17) is 5.26 Å². The van der Waals surface area contributed by atoms with Crippen molar-refractivity contribution >= 4 is 0 Å². The van der Waals surface area contributed by atoms with Gasteiger partial charge in [-0.2, -0.15) is 5.26 Å². The lowest BCUT2D eigenvalue weighted by atomic mass is 9.95. The van der Waals surface area contributed by atoms with Gasteiger partial charge < -0.3 is 10.2 Å². The Labute approximate surface area is 99.8 Å². The van der Waals surface area contributed by atoms with Crippen molar-refractivity contribution in [2.24, 2.45) is 11.8 Å². The quantitative estimate of drug-likeness (QED) is 0.790. The fourth-order valence-electron chi connectivity index (χ4n) is 2.46. The molecular formula is C13H25N3. The Morgan fingerprint density at radius 3 is 2.31 bits per heavy atom. The van der Waals surface area contributed by atoms with Crippen LogP contribution in [-0.2, 0) is 0 Å². The molecule has 1 saturated heterocycles. The normalized spacial score (nSPS) is 32.0. The summed E-state index contributed by atoms with van der Waals surface area (Å²) in [7, 11) is 1.87. The maximum atomic E-state index is 9.15. The van der Waals surface area contributed by atoms with Crippen LogP contribution in [0.4, 0.5) is 0 Å².